The Hall–Kier alpha value is -1.37. The molecule has 1 rings (SSSR count). The fourth-order valence-electron chi connectivity index (χ4n) is 1.85. The van der Waals surface area contributed by atoms with Gasteiger partial charge < -0.3 is 0 Å². The molecule has 0 aromatic heterocycles. The van der Waals surface area contributed by atoms with Crippen LogP contribution in [-0.2, 0) is 0 Å². The van der Waals surface area contributed by atoms with Crippen molar-refractivity contribution in [2.75, 3.05) is 0 Å². The first-order valence-electron chi connectivity index (χ1n) is 6.36. The van der Waals surface area contributed by atoms with Crippen LogP contribution in [-0.4, -0.2) is 5.78 Å². The van der Waals surface area contributed by atoms with Crippen LogP contribution in [0.15, 0.2) is 42.0 Å². The molecule has 0 radical (unpaired) electrons. The van der Waals surface area contributed by atoms with E-state index in [0.29, 0.717) is 12.3 Å². The second-order valence-corrected chi connectivity index (χ2v) is 4.62. The summed E-state index contributed by atoms with van der Waals surface area (Å²) in [5.41, 5.74) is 2.25. The summed E-state index contributed by atoms with van der Waals surface area (Å²) in [6.07, 6.45) is 4.88. The molecule has 1 heteroatoms. The summed E-state index contributed by atoms with van der Waals surface area (Å²) in [5, 5.41) is 0. The van der Waals surface area contributed by atoms with Crippen molar-refractivity contribution in [3.8, 4) is 0 Å². The number of Topliss-reactive ketones (excluding diaryl/α,β-unsaturated/α-hetero) is 1. The third kappa shape index (κ3) is 4.56. The highest BCUT2D eigenvalue weighted by molar-refractivity contribution is 5.95. The van der Waals surface area contributed by atoms with Crippen molar-refractivity contribution < 1.29 is 4.79 Å². The lowest BCUT2D eigenvalue weighted by Crippen LogP contribution is -2.01. The Morgan fingerprint density at radius 1 is 1.29 bits per heavy atom. The number of benzene rings is 1. The van der Waals surface area contributed by atoms with E-state index in [4.69, 9.17) is 0 Å². The lowest BCUT2D eigenvalue weighted by Gasteiger charge is -2.11. The summed E-state index contributed by atoms with van der Waals surface area (Å²) >= 11 is 0. The van der Waals surface area contributed by atoms with Crippen LogP contribution >= 0.6 is 0 Å². The zero-order chi connectivity index (χ0) is 12.7. The Labute approximate surface area is 105 Å². The van der Waals surface area contributed by atoms with Gasteiger partial charge in [0.05, 0.1) is 0 Å². The van der Waals surface area contributed by atoms with E-state index in [0.717, 1.165) is 18.4 Å². The summed E-state index contributed by atoms with van der Waals surface area (Å²) < 4.78 is 0. The molecule has 92 valence electrons. The highest BCUT2D eigenvalue weighted by atomic mass is 16.1. The minimum absolute atomic E-state index is 0.260. The van der Waals surface area contributed by atoms with Crippen LogP contribution in [0.4, 0.5) is 0 Å². The summed E-state index contributed by atoms with van der Waals surface area (Å²) in [4.78, 5) is 11.9. The Morgan fingerprint density at radius 2 is 1.94 bits per heavy atom. The maximum atomic E-state index is 11.9. The first-order chi connectivity index (χ1) is 8.15. The molecule has 0 bridgehead atoms. The van der Waals surface area contributed by atoms with Crippen molar-refractivity contribution in [3.63, 3.8) is 0 Å². The van der Waals surface area contributed by atoms with Crippen molar-refractivity contribution >= 4 is 5.78 Å². The van der Waals surface area contributed by atoms with Crippen LogP contribution in [0.2, 0.25) is 0 Å². The van der Waals surface area contributed by atoms with Crippen LogP contribution < -0.4 is 0 Å². The van der Waals surface area contributed by atoms with Gasteiger partial charge in [-0.15, -0.1) is 0 Å². The first kappa shape index (κ1) is 13.7. The predicted molar refractivity (Wildman–Crippen MR) is 73.2 cm³/mol. The van der Waals surface area contributed by atoms with Gasteiger partial charge in [0, 0.05) is 12.0 Å². The largest absolute Gasteiger partial charge is 0.294 e. The van der Waals surface area contributed by atoms with Crippen molar-refractivity contribution in [3.05, 3.63) is 47.5 Å². The highest BCUT2D eigenvalue weighted by Gasteiger charge is 2.07. The lowest BCUT2D eigenvalue weighted by molar-refractivity contribution is 0.0978. The molecule has 17 heavy (non-hydrogen) atoms. The highest BCUT2D eigenvalue weighted by Crippen LogP contribution is 2.17. The van der Waals surface area contributed by atoms with Gasteiger partial charge in [0.25, 0.3) is 0 Å². The minimum Gasteiger partial charge on any atom is -0.294 e. The third-order valence-electron chi connectivity index (χ3n) is 3.37. The molecule has 0 heterocycles. The molecule has 0 aliphatic rings. The second-order valence-electron chi connectivity index (χ2n) is 4.62. The zero-order valence-electron chi connectivity index (χ0n) is 11.1. The molecule has 1 aromatic carbocycles. The van der Waals surface area contributed by atoms with Gasteiger partial charge in [-0.2, -0.15) is 0 Å². The fourth-order valence-corrected chi connectivity index (χ4v) is 1.85. The average molecular weight is 230 g/mol. The number of allylic oxidation sites excluding steroid dienone is 2. The van der Waals surface area contributed by atoms with Crippen LogP contribution in [0.1, 0.15) is 50.4 Å². The normalized spacial score (nSPS) is 13.5. The van der Waals surface area contributed by atoms with Crippen LogP contribution in [0, 0.1) is 5.92 Å². The van der Waals surface area contributed by atoms with Gasteiger partial charge in [-0.3, -0.25) is 4.79 Å². The monoisotopic (exact) mass is 230 g/mol. The maximum absolute atomic E-state index is 11.9. The molecule has 0 N–H and O–H groups in total. The van der Waals surface area contributed by atoms with E-state index in [1.54, 1.807) is 0 Å². The van der Waals surface area contributed by atoms with E-state index in [1.165, 1.54) is 5.57 Å². The van der Waals surface area contributed by atoms with Crippen molar-refractivity contribution in [1.82, 2.24) is 0 Å². The molecule has 0 fully saturated rings. The topological polar surface area (TPSA) is 17.1 Å². The molecular weight excluding hydrogens is 208 g/mol. The standard InChI is InChI=1S/C16H22O/c1-4-13(2)14(3)9-8-12-16(17)15-10-6-5-7-11-15/h4-7,10-11,14H,8-9,12H2,1-3H3/b13-4+/t14-/m0/s1. The molecule has 1 nitrogen and oxygen atoms in total. The van der Waals surface area contributed by atoms with E-state index in [-0.39, 0.29) is 5.78 Å². The Kier molecular flexibility index (Phi) is 5.68. The summed E-state index contributed by atoms with van der Waals surface area (Å²) in [6.45, 7) is 6.45. The van der Waals surface area contributed by atoms with Gasteiger partial charge in [0.15, 0.2) is 5.78 Å². The first-order valence-corrected chi connectivity index (χ1v) is 6.36. The van der Waals surface area contributed by atoms with E-state index in [2.05, 4.69) is 26.8 Å². The Balaban J connectivity index is 2.35. The molecule has 0 saturated heterocycles. The number of hydrogen-bond acceptors (Lipinski definition) is 1. The van der Waals surface area contributed by atoms with E-state index in [1.807, 2.05) is 30.3 Å². The summed E-state index contributed by atoms with van der Waals surface area (Å²) in [7, 11) is 0. The molecule has 0 spiro atoms. The maximum Gasteiger partial charge on any atom is 0.162 e. The molecular formula is C16H22O. The lowest BCUT2D eigenvalue weighted by atomic mass is 9.95. The quantitative estimate of drug-likeness (QED) is 0.514. The Bertz CT molecular complexity index is 376. The van der Waals surface area contributed by atoms with Crippen LogP contribution in [0.5, 0.6) is 0 Å². The molecule has 0 aliphatic carbocycles. The van der Waals surface area contributed by atoms with Crippen LogP contribution in [0.25, 0.3) is 0 Å². The number of carbonyl (C=O) groups excluding carboxylic acids is 1. The average Bonchev–Trinajstić information content (AvgIpc) is 2.38. The second kappa shape index (κ2) is 7.05. The predicted octanol–water partition coefficient (Wildman–Crippen LogP) is 4.64. The van der Waals surface area contributed by atoms with Crippen molar-refractivity contribution in [2.45, 2.75) is 40.0 Å². The third-order valence-corrected chi connectivity index (χ3v) is 3.37. The van der Waals surface area contributed by atoms with Gasteiger partial charge in [-0.25, -0.2) is 0 Å². The number of ketones is 1. The molecule has 0 aliphatic heterocycles. The smallest absolute Gasteiger partial charge is 0.162 e. The van der Waals surface area contributed by atoms with Gasteiger partial charge in [-0.05, 0) is 32.6 Å². The van der Waals surface area contributed by atoms with Gasteiger partial charge in [-0.1, -0.05) is 48.9 Å². The SMILES string of the molecule is C/C=C(\C)[C@@H](C)CCCC(=O)c1ccccc1. The van der Waals surface area contributed by atoms with Gasteiger partial charge in [0.2, 0.25) is 0 Å². The summed E-state index contributed by atoms with van der Waals surface area (Å²) in [6, 6.07) is 9.56. The fraction of sp³-hybridized carbons (Fsp3) is 0.438. The van der Waals surface area contributed by atoms with Gasteiger partial charge >= 0.3 is 0 Å². The van der Waals surface area contributed by atoms with Crippen molar-refractivity contribution in [1.29, 1.82) is 0 Å². The molecule has 0 amide bonds. The molecule has 0 saturated carbocycles. The minimum atomic E-state index is 0.260. The molecule has 1 aromatic rings. The van der Waals surface area contributed by atoms with Gasteiger partial charge in [0.1, 0.15) is 0 Å². The number of rotatable bonds is 6. The molecule has 0 unspecified atom stereocenters. The zero-order valence-corrected chi connectivity index (χ0v) is 11.1. The number of hydrogen-bond donors (Lipinski definition) is 0. The van der Waals surface area contributed by atoms with E-state index < -0.39 is 0 Å². The van der Waals surface area contributed by atoms with Crippen LogP contribution in [0.3, 0.4) is 0 Å². The van der Waals surface area contributed by atoms with E-state index in [9.17, 15) is 4.79 Å². The Morgan fingerprint density at radius 3 is 2.53 bits per heavy atom. The number of carbonyl (C=O) groups is 1. The van der Waals surface area contributed by atoms with E-state index >= 15 is 0 Å². The summed E-state index contributed by atoms with van der Waals surface area (Å²) in [5.74, 6) is 0.847. The molecule has 1 atom stereocenters. The van der Waals surface area contributed by atoms with Crippen molar-refractivity contribution in [2.24, 2.45) is 5.92 Å².